The lowest BCUT2D eigenvalue weighted by Crippen LogP contribution is -2.56. The first-order valence-corrected chi connectivity index (χ1v) is 11.1. The molecular weight excluding hydrogens is 449 g/mol. The molecule has 0 radical (unpaired) electrons. The highest BCUT2D eigenvalue weighted by atomic mass is 79.9. The first-order valence-electron chi connectivity index (χ1n) is 10.3. The van der Waals surface area contributed by atoms with Crippen molar-refractivity contribution in [1.82, 2.24) is 10.2 Å². The molecule has 0 aliphatic carbocycles. The van der Waals surface area contributed by atoms with Gasteiger partial charge in [-0.3, -0.25) is 9.59 Å². The number of halogens is 2. The van der Waals surface area contributed by atoms with Crippen LogP contribution in [0.4, 0.5) is 10.1 Å². The van der Waals surface area contributed by atoms with E-state index in [0.29, 0.717) is 23.1 Å². The summed E-state index contributed by atoms with van der Waals surface area (Å²) < 4.78 is 13.7. The van der Waals surface area contributed by atoms with Crippen molar-refractivity contribution in [2.75, 3.05) is 31.2 Å². The summed E-state index contributed by atoms with van der Waals surface area (Å²) in [5.41, 5.74) is 1.11. The average Bonchev–Trinajstić information content (AvgIpc) is 3.06. The van der Waals surface area contributed by atoms with Crippen molar-refractivity contribution in [3.8, 4) is 0 Å². The van der Waals surface area contributed by atoms with Gasteiger partial charge in [-0.05, 0) is 72.1 Å². The Labute approximate surface area is 184 Å². The molecule has 0 bridgehead atoms. The molecule has 30 heavy (non-hydrogen) atoms. The molecule has 2 aromatic carbocycles. The first-order chi connectivity index (χ1) is 14.5. The van der Waals surface area contributed by atoms with Gasteiger partial charge in [0.25, 0.3) is 0 Å². The summed E-state index contributed by atoms with van der Waals surface area (Å²) in [6, 6.07) is 14.2. The number of hydrogen-bond donors (Lipinski definition) is 1. The van der Waals surface area contributed by atoms with Crippen LogP contribution in [-0.4, -0.2) is 48.4 Å². The van der Waals surface area contributed by atoms with Crippen LogP contribution >= 0.6 is 15.9 Å². The molecule has 2 heterocycles. The molecule has 2 aromatic rings. The van der Waals surface area contributed by atoms with Crippen LogP contribution in [0.1, 0.15) is 36.0 Å². The molecule has 5 nitrogen and oxygen atoms in total. The zero-order valence-corrected chi connectivity index (χ0v) is 18.3. The molecule has 0 saturated carbocycles. The third-order valence-corrected chi connectivity index (χ3v) is 6.85. The number of ketones is 1. The molecule has 0 aromatic heterocycles. The van der Waals surface area contributed by atoms with E-state index in [1.165, 1.54) is 18.2 Å². The molecule has 2 fully saturated rings. The number of nitrogens with zero attached hydrogens (tertiary/aromatic N) is 2. The van der Waals surface area contributed by atoms with Crippen molar-refractivity contribution in [2.45, 2.75) is 31.2 Å². The Balaban J connectivity index is 1.31. The van der Waals surface area contributed by atoms with E-state index in [1.54, 1.807) is 0 Å². The third-order valence-electron chi connectivity index (χ3n) is 6.20. The summed E-state index contributed by atoms with van der Waals surface area (Å²) in [6.45, 7) is 3.01. The Morgan fingerprint density at radius 1 is 1.13 bits per heavy atom. The molecule has 1 amide bonds. The molecule has 1 N–H and O–H groups in total. The number of carbonyl (C=O) groups is 2. The summed E-state index contributed by atoms with van der Waals surface area (Å²) in [7, 11) is 0. The summed E-state index contributed by atoms with van der Waals surface area (Å²) in [5, 5.41) is 3.02. The zero-order valence-electron chi connectivity index (χ0n) is 16.7. The van der Waals surface area contributed by atoms with Crippen LogP contribution < -0.4 is 10.2 Å². The highest BCUT2D eigenvalue weighted by Gasteiger charge is 2.50. The van der Waals surface area contributed by atoms with E-state index < -0.39 is 5.54 Å². The largest absolute Gasteiger partial charge is 0.339 e. The first kappa shape index (κ1) is 21.0. The summed E-state index contributed by atoms with van der Waals surface area (Å²) in [6.07, 6.45) is 2.70. The van der Waals surface area contributed by atoms with Gasteiger partial charge in [0, 0.05) is 35.2 Å². The topological polar surface area (TPSA) is 52.7 Å². The van der Waals surface area contributed by atoms with Gasteiger partial charge >= 0.3 is 0 Å². The van der Waals surface area contributed by atoms with Crippen molar-refractivity contribution >= 4 is 33.3 Å². The standard InChI is InChI=1S/C23H25BrFN3O2/c24-20-15-17(25)8-9-19(20)21(29)7-4-12-27-13-10-23(11-14-27)22(30)26-16-28(23)18-5-2-1-3-6-18/h1-3,5-6,8-9,15H,4,7,10-14,16H2,(H,26,30). The number of hydrogen-bond acceptors (Lipinski definition) is 4. The van der Waals surface area contributed by atoms with Crippen molar-refractivity contribution in [2.24, 2.45) is 0 Å². The van der Waals surface area contributed by atoms with E-state index in [9.17, 15) is 14.0 Å². The van der Waals surface area contributed by atoms with Crippen LogP contribution in [0.15, 0.2) is 53.0 Å². The molecule has 2 saturated heterocycles. The van der Waals surface area contributed by atoms with E-state index in [2.05, 4.69) is 31.0 Å². The Morgan fingerprint density at radius 3 is 2.57 bits per heavy atom. The number of nitrogens with one attached hydrogen (secondary N) is 1. The number of Topliss-reactive ketones (excluding diaryl/α,β-unsaturated/α-hetero) is 1. The summed E-state index contributed by atoms with van der Waals surface area (Å²) >= 11 is 3.27. The van der Waals surface area contributed by atoms with Crippen LogP contribution in [0.5, 0.6) is 0 Å². The van der Waals surface area contributed by atoms with E-state index >= 15 is 0 Å². The number of rotatable bonds is 6. The van der Waals surface area contributed by atoms with Gasteiger partial charge in [0.1, 0.15) is 11.4 Å². The van der Waals surface area contributed by atoms with Crippen LogP contribution in [0.2, 0.25) is 0 Å². The quantitative estimate of drug-likeness (QED) is 0.644. The highest BCUT2D eigenvalue weighted by molar-refractivity contribution is 9.10. The number of carbonyl (C=O) groups excluding carboxylic acids is 2. The maximum absolute atomic E-state index is 13.2. The molecule has 0 unspecified atom stereocenters. The van der Waals surface area contributed by atoms with Gasteiger partial charge in [-0.15, -0.1) is 0 Å². The smallest absolute Gasteiger partial charge is 0.247 e. The Kier molecular flexibility index (Phi) is 6.20. The van der Waals surface area contributed by atoms with Gasteiger partial charge in [-0.25, -0.2) is 4.39 Å². The van der Waals surface area contributed by atoms with Crippen LogP contribution in [-0.2, 0) is 4.79 Å². The average molecular weight is 474 g/mol. The molecule has 1 spiro atoms. The van der Waals surface area contributed by atoms with E-state index in [0.717, 1.165) is 44.6 Å². The second-order valence-corrected chi connectivity index (χ2v) is 8.81. The van der Waals surface area contributed by atoms with Crippen molar-refractivity contribution < 1.29 is 14.0 Å². The predicted octanol–water partition coefficient (Wildman–Crippen LogP) is 3.98. The van der Waals surface area contributed by atoms with Crippen LogP contribution in [0.25, 0.3) is 0 Å². The zero-order chi connectivity index (χ0) is 21.1. The fourth-order valence-corrected chi connectivity index (χ4v) is 5.06. The molecule has 2 aliphatic rings. The predicted molar refractivity (Wildman–Crippen MR) is 118 cm³/mol. The van der Waals surface area contributed by atoms with Crippen LogP contribution in [0.3, 0.4) is 0 Å². The Hall–Kier alpha value is -2.25. The number of piperidine rings is 1. The van der Waals surface area contributed by atoms with Gasteiger partial charge in [-0.1, -0.05) is 18.2 Å². The lowest BCUT2D eigenvalue weighted by Gasteiger charge is -2.43. The van der Waals surface area contributed by atoms with E-state index in [-0.39, 0.29) is 17.5 Å². The highest BCUT2D eigenvalue weighted by Crippen LogP contribution is 2.36. The molecule has 158 valence electrons. The lowest BCUT2D eigenvalue weighted by atomic mass is 9.85. The Bertz CT molecular complexity index is 929. The number of likely N-dealkylation sites (tertiary alicyclic amines) is 1. The Morgan fingerprint density at radius 2 is 1.87 bits per heavy atom. The number of amides is 1. The van der Waals surface area contributed by atoms with Crippen molar-refractivity contribution in [3.05, 3.63) is 64.4 Å². The second kappa shape index (κ2) is 8.86. The van der Waals surface area contributed by atoms with Crippen molar-refractivity contribution in [3.63, 3.8) is 0 Å². The third kappa shape index (κ3) is 4.14. The van der Waals surface area contributed by atoms with Gasteiger partial charge in [-0.2, -0.15) is 0 Å². The molecule has 7 heteroatoms. The second-order valence-electron chi connectivity index (χ2n) is 7.95. The SMILES string of the molecule is O=C(CCCN1CCC2(CC1)C(=O)NCN2c1ccccc1)c1ccc(F)cc1Br. The molecule has 4 rings (SSSR count). The molecular formula is C23H25BrFN3O2. The number of para-hydroxylation sites is 1. The van der Waals surface area contributed by atoms with E-state index in [1.807, 2.05) is 30.3 Å². The van der Waals surface area contributed by atoms with Gasteiger partial charge in [0.15, 0.2) is 5.78 Å². The minimum atomic E-state index is -0.480. The van der Waals surface area contributed by atoms with Crippen LogP contribution in [0, 0.1) is 5.82 Å². The van der Waals surface area contributed by atoms with Gasteiger partial charge in [0.05, 0.1) is 6.67 Å². The monoisotopic (exact) mass is 473 g/mol. The lowest BCUT2D eigenvalue weighted by molar-refractivity contribution is -0.125. The minimum Gasteiger partial charge on any atom is -0.339 e. The van der Waals surface area contributed by atoms with Crippen molar-refractivity contribution in [1.29, 1.82) is 0 Å². The minimum absolute atomic E-state index is 0.0146. The fourth-order valence-electron chi connectivity index (χ4n) is 4.49. The van der Waals surface area contributed by atoms with E-state index in [4.69, 9.17) is 0 Å². The van der Waals surface area contributed by atoms with Gasteiger partial charge in [0.2, 0.25) is 5.91 Å². The maximum Gasteiger partial charge on any atom is 0.247 e. The fraction of sp³-hybridized carbons (Fsp3) is 0.391. The number of anilines is 1. The molecule has 0 atom stereocenters. The number of benzene rings is 2. The normalized spacial score (nSPS) is 18.6. The summed E-state index contributed by atoms with van der Waals surface area (Å²) in [5.74, 6) is -0.232. The maximum atomic E-state index is 13.2. The summed E-state index contributed by atoms with van der Waals surface area (Å²) in [4.78, 5) is 29.7. The molecule has 2 aliphatic heterocycles. The van der Waals surface area contributed by atoms with Gasteiger partial charge < -0.3 is 15.1 Å².